The number of nitrogens with one attached hydrogen (secondary N) is 1. The highest BCUT2D eigenvalue weighted by Gasteiger charge is 2.20. The topological polar surface area (TPSA) is 72.0 Å². The van der Waals surface area contributed by atoms with Crippen LogP contribution in [0.4, 0.5) is 4.79 Å². The number of carbonyl (C=O) groups excluding carboxylic acids is 2. The van der Waals surface area contributed by atoms with Gasteiger partial charge in [0.05, 0.1) is 12.0 Å². The first-order valence-electron chi connectivity index (χ1n) is 6.91. The Morgan fingerprint density at radius 3 is 2.59 bits per heavy atom. The van der Waals surface area contributed by atoms with Gasteiger partial charge in [-0.15, -0.1) is 11.3 Å². The van der Waals surface area contributed by atoms with E-state index in [-0.39, 0.29) is 18.5 Å². The van der Waals surface area contributed by atoms with E-state index in [9.17, 15) is 9.59 Å². The second-order valence-electron chi connectivity index (χ2n) is 4.88. The molecule has 0 aliphatic heterocycles. The second kappa shape index (κ2) is 7.72. The summed E-state index contributed by atoms with van der Waals surface area (Å²) in [6.45, 7) is 2.18. The smallest absolute Gasteiger partial charge is 0.413 e. The molecule has 116 valence electrons. The minimum absolute atomic E-state index is 0.0315. The van der Waals surface area contributed by atoms with Crippen LogP contribution in [0.1, 0.15) is 22.0 Å². The third-order valence-corrected chi connectivity index (χ3v) is 4.21. The van der Waals surface area contributed by atoms with E-state index in [4.69, 9.17) is 0 Å². The zero-order valence-corrected chi connectivity index (χ0v) is 13.4. The summed E-state index contributed by atoms with van der Waals surface area (Å²) in [7, 11) is 1.23. The standard InChI is InChI=1S/C16H18N2O3S/c1-11-5-7-12(8-6-11)15(13-4-3-9-22-13)17-10-14(19)18-16(20)21-2/h3-9,15,17H,10H2,1-2H3,(H,18,19,20)/p+1/t15-/m0/s1. The Balaban J connectivity index is 2.08. The van der Waals surface area contributed by atoms with Crippen LogP contribution in [-0.2, 0) is 9.53 Å². The Labute approximate surface area is 133 Å². The molecule has 0 aliphatic carbocycles. The maximum Gasteiger partial charge on any atom is 0.413 e. The zero-order valence-electron chi connectivity index (χ0n) is 12.5. The summed E-state index contributed by atoms with van der Waals surface area (Å²) in [5.74, 6) is -0.375. The third-order valence-electron chi connectivity index (χ3n) is 3.25. The van der Waals surface area contributed by atoms with Gasteiger partial charge in [0, 0.05) is 5.56 Å². The van der Waals surface area contributed by atoms with Crippen molar-refractivity contribution in [3.05, 3.63) is 57.8 Å². The lowest BCUT2D eigenvalue weighted by atomic mass is 10.0. The number of thiophene rings is 1. The van der Waals surface area contributed by atoms with Crippen molar-refractivity contribution in [1.82, 2.24) is 5.32 Å². The molecule has 0 unspecified atom stereocenters. The molecule has 2 rings (SSSR count). The van der Waals surface area contributed by atoms with Crippen molar-refractivity contribution >= 4 is 23.3 Å². The normalized spacial score (nSPS) is 11.7. The molecule has 5 nitrogen and oxygen atoms in total. The molecule has 22 heavy (non-hydrogen) atoms. The highest BCUT2D eigenvalue weighted by molar-refractivity contribution is 7.10. The molecule has 2 aromatic rings. The first kappa shape index (κ1) is 16.2. The molecule has 0 aliphatic rings. The number of amides is 2. The predicted molar refractivity (Wildman–Crippen MR) is 84.7 cm³/mol. The number of methoxy groups -OCH3 is 1. The van der Waals surface area contributed by atoms with E-state index in [2.05, 4.69) is 34.3 Å². The van der Waals surface area contributed by atoms with Crippen LogP contribution in [0.15, 0.2) is 41.8 Å². The third kappa shape index (κ3) is 4.41. The fourth-order valence-corrected chi connectivity index (χ4v) is 2.95. The van der Waals surface area contributed by atoms with Gasteiger partial charge in [-0.2, -0.15) is 0 Å². The van der Waals surface area contributed by atoms with Gasteiger partial charge in [0.15, 0.2) is 6.54 Å². The summed E-state index contributed by atoms with van der Waals surface area (Å²) in [5.41, 5.74) is 2.32. The first-order chi connectivity index (χ1) is 10.6. The molecule has 0 spiro atoms. The van der Waals surface area contributed by atoms with Gasteiger partial charge in [0.2, 0.25) is 0 Å². The molecule has 3 N–H and O–H groups in total. The van der Waals surface area contributed by atoms with E-state index in [1.165, 1.54) is 12.7 Å². The molecule has 1 aromatic heterocycles. The van der Waals surface area contributed by atoms with Crippen LogP contribution in [0.2, 0.25) is 0 Å². The molecule has 0 radical (unpaired) electrons. The minimum Gasteiger partial charge on any atom is -0.453 e. The molecule has 2 amide bonds. The Bertz CT molecular complexity index is 623. The average molecular weight is 319 g/mol. The number of ether oxygens (including phenoxy) is 1. The van der Waals surface area contributed by atoms with Crippen molar-refractivity contribution in [2.45, 2.75) is 13.0 Å². The summed E-state index contributed by atoms with van der Waals surface area (Å²) in [6, 6.07) is 12.3. The molecule has 0 bridgehead atoms. The molecule has 6 heteroatoms. The van der Waals surface area contributed by atoms with Crippen molar-refractivity contribution in [3.8, 4) is 0 Å². The summed E-state index contributed by atoms with van der Waals surface area (Å²) in [6.07, 6.45) is -0.735. The number of quaternary nitrogens is 1. The lowest BCUT2D eigenvalue weighted by Gasteiger charge is -2.14. The highest BCUT2D eigenvalue weighted by atomic mass is 32.1. The van der Waals surface area contributed by atoms with Gasteiger partial charge in [-0.05, 0) is 18.4 Å². The van der Waals surface area contributed by atoms with Crippen LogP contribution in [0, 0.1) is 6.92 Å². The summed E-state index contributed by atoms with van der Waals surface area (Å²) in [4.78, 5) is 23.9. The van der Waals surface area contributed by atoms with E-state index >= 15 is 0 Å². The molecule has 1 aromatic carbocycles. The van der Waals surface area contributed by atoms with Crippen LogP contribution in [-0.4, -0.2) is 25.7 Å². The Morgan fingerprint density at radius 2 is 2.00 bits per heavy atom. The number of alkyl carbamates (subject to hydrolysis) is 1. The van der Waals surface area contributed by atoms with Crippen LogP contribution >= 0.6 is 11.3 Å². The van der Waals surface area contributed by atoms with E-state index in [0.29, 0.717) is 0 Å². The number of carbonyl (C=O) groups is 2. The molecule has 1 heterocycles. The van der Waals surface area contributed by atoms with Crippen molar-refractivity contribution in [3.63, 3.8) is 0 Å². The van der Waals surface area contributed by atoms with E-state index in [1.807, 2.05) is 29.8 Å². The van der Waals surface area contributed by atoms with Gasteiger partial charge in [-0.1, -0.05) is 35.9 Å². The highest BCUT2D eigenvalue weighted by Crippen LogP contribution is 2.22. The van der Waals surface area contributed by atoms with Gasteiger partial charge in [-0.25, -0.2) is 4.79 Å². The maximum atomic E-state index is 11.7. The van der Waals surface area contributed by atoms with Gasteiger partial charge in [0.25, 0.3) is 5.91 Å². The number of hydrogen-bond acceptors (Lipinski definition) is 4. The second-order valence-corrected chi connectivity index (χ2v) is 5.86. The quantitative estimate of drug-likeness (QED) is 0.879. The Hall–Kier alpha value is -2.18. The number of aryl methyl sites for hydroxylation is 1. The SMILES string of the molecule is COC(=O)NC(=O)C[NH2+][C@@H](c1ccc(C)cc1)c1cccs1. The molecule has 0 saturated heterocycles. The number of benzene rings is 1. The fraction of sp³-hybridized carbons (Fsp3) is 0.250. The lowest BCUT2D eigenvalue weighted by molar-refractivity contribution is -0.676. The average Bonchev–Trinajstić information content (AvgIpc) is 3.03. The van der Waals surface area contributed by atoms with Gasteiger partial charge < -0.3 is 10.1 Å². The van der Waals surface area contributed by atoms with E-state index in [0.717, 1.165) is 10.4 Å². The monoisotopic (exact) mass is 319 g/mol. The number of hydrogen-bond donors (Lipinski definition) is 2. The molecular weight excluding hydrogens is 300 g/mol. The van der Waals surface area contributed by atoms with Crippen molar-refractivity contribution in [2.24, 2.45) is 0 Å². The minimum atomic E-state index is -0.735. The maximum absolute atomic E-state index is 11.7. The van der Waals surface area contributed by atoms with E-state index < -0.39 is 6.09 Å². The van der Waals surface area contributed by atoms with Gasteiger partial charge in [-0.3, -0.25) is 10.1 Å². The van der Waals surface area contributed by atoms with Crippen molar-refractivity contribution in [2.75, 3.05) is 13.7 Å². The number of rotatable bonds is 5. The van der Waals surface area contributed by atoms with E-state index in [1.54, 1.807) is 11.3 Å². The predicted octanol–water partition coefficient (Wildman–Crippen LogP) is 1.59. The number of imide groups is 1. The molecule has 0 saturated carbocycles. The van der Waals surface area contributed by atoms with Gasteiger partial charge in [0.1, 0.15) is 6.04 Å². The van der Waals surface area contributed by atoms with Crippen molar-refractivity contribution < 1.29 is 19.6 Å². The summed E-state index contributed by atoms with van der Waals surface area (Å²) < 4.78 is 4.42. The fourth-order valence-electron chi connectivity index (χ4n) is 2.10. The van der Waals surface area contributed by atoms with Crippen LogP contribution in [0.3, 0.4) is 0 Å². The van der Waals surface area contributed by atoms with Crippen LogP contribution < -0.4 is 10.6 Å². The van der Waals surface area contributed by atoms with Crippen LogP contribution in [0.25, 0.3) is 0 Å². The number of nitrogens with two attached hydrogens (primary N) is 1. The van der Waals surface area contributed by atoms with Crippen LogP contribution in [0.5, 0.6) is 0 Å². The zero-order chi connectivity index (χ0) is 15.9. The largest absolute Gasteiger partial charge is 0.453 e. The molecule has 1 atom stereocenters. The Morgan fingerprint density at radius 1 is 1.27 bits per heavy atom. The van der Waals surface area contributed by atoms with Crippen molar-refractivity contribution in [1.29, 1.82) is 0 Å². The summed E-state index contributed by atoms with van der Waals surface area (Å²) in [5, 5.41) is 6.09. The summed E-state index contributed by atoms with van der Waals surface area (Å²) >= 11 is 1.65. The molecule has 0 fully saturated rings. The Kier molecular flexibility index (Phi) is 5.68. The lowest BCUT2D eigenvalue weighted by Crippen LogP contribution is -2.87. The van der Waals surface area contributed by atoms with Gasteiger partial charge >= 0.3 is 6.09 Å². The molecular formula is C16H19N2O3S+. The first-order valence-corrected chi connectivity index (χ1v) is 7.79.